The van der Waals surface area contributed by atoms with Crippen molar-refractivity contribution in [1.29, 1.82) is 10.5 Å². The van der Waals surface area contributed by atoms with Crippen molar-refractivity contribution in [1.82, 2.24) is 14.7 Å². The molecule has 1 amide bonds. The zero-order valence-electron chi connectivity index (χ0n) is 24.2. The summed E-state index contributed by atoms with van der Waals surface area (Å²) in [4.78, 5) is 22.0. The van der Waals surface area contributed by atoms with Gasteiger partial charge in [-0.05, 0) is 51.0 Å². The summed E-state index contributed by atoms with van der Waals surface area (Å²) in [5.74, 6) is 0.654. The number of amides is 1. The fraction of sp³-hybridized carbons (Fsp3) is 0.469. The number of ether oxygens (including phenoxy) is 1. The van der Waals surface area contributed by atoms with E-state index in [1.165, 1.54) is 16.7 Å². The number of allylic oxidation sites excluding steroid dienone is 1. The van der Waals surface area contributed by atoms with Crippen LogP contribution in [0.4, 0.5) is 5.69 Å². The van der Waals surface area contributed by atoms with Gasteiger partial charge in [0, 0.05) is 64.0 Å². The van der Waals surface area contributed by atoms with E-state index in [9.17, 15) is 15.3 Å². The first kappa shape index (κ1) is 29.1. The Kier molecular flexibility index (Phi) is 9.82. The Labute approximate surface area is 238 Å². The molecule has 2 saturated heterocycles. The number of rotatable bonds is 9. The minimum atomic E-state index is -0.00503. The Morgan fingerprint density at radius 1 is 0.925 bits per heavy atom. The van der Waals surface area contributed by atoms with Crippen LogP contribution in [0, 0.1) is 36.5 Å². The lowest BCUT2D eigenvalue weighted by Gasteiger charge is -2.30. The molecule has 0 radical (unpaired) electrons. The van der Waals surface area contributed by atoms with Gasteiger partial charge in [0.2, 0.25) is 5.91 Å². The highest BCUT2D eigenvalue weighted by Crippen LogP contribution is 2.27. The standard InChI is InChI=1S/C32H40N6O2/c1-24(2)38(30-7-5-6-27(19-30)22-35-12-14-40-15-13-35)31(39)8-9-36-10-11-37(32(36)29(20-33)21-34)23-28-17-25(3)16-26(4)18-28/h5-7,16-19,24H,8-15,22-23H2,1-4H3. The second-order valence-electron chi connectivity index (χ2n) is 11.0. The highest BCUT2D eigenvalue weighted by Gasteiger charge is 2.30. The van der Waals surface area contributed by atoms with Crippen LogP contribution in [0.1, 0.15) is 42.5 Å². The van der Waals surface area contributed by atoms with Crippen LogP contribution in [0.2, 0.25) is 0 Å². The highest BCUT2D eigenvalue weighted by atomic mass is 16.5. The van der Waals surface area contributed by atoms with Crippen molar-refractivity contribution < 1.29 is 9.53 Å². The summed E-state index contributed by atoms with van der Waals surface area (Å²) in [6.07, 6.45) is 0.289. The summed E-state index contributed by atoms with van der Waals surface area (Å²) in [5, 5.41) is 19.5. The van der Waals surface area contributed by atoms with Gasteiger partial charge in [-0.25, -0.2) is 0 Å². The van der Waals surface area contributed by atoms with E-state index < -0.39 is 0 Å². The molecule has 2 heterocycles. The SMILES string of the molecule is Cc1cc(C)cc(CN2CCN(CCC(=O)N(c3cccc(CN4CCOCC4)c3)C(C)C)C2=C(C#N)C#N)c1. The maximum atomic E-state index is 13.6. The largest absolute Gasteiger partial charge is 0.379 e. The molecule has 0 unspecified atom stereocenters. The van der Waals surface area contributed by atoms with Crippen LogP contribution in [-0.2, 0) is 22.6 Å². The van der Waals surface area contributed by atoms with Gasteiger partial charge in [-0.1, -0.05) is 41.5 Å². The zero-order valence-corrected chi connectivity index (χ0v) is 24.2. The van der Waals surface area contributed by atoms with E-state index in [2.05, 4.69) is 66.1 Å². The molecule has 2 fully saturated rings. The second-order valence-corrected chi connectivity index (χ2v) is 11.0. The summed E-state index contributed by atoms with van der Waals surface area (Å²) >= 11 is 0. The van der Waals surface area contributed by atoms with E-state index in [4.69, 9.17) is 4.74 Å². The molecule has 8 nitrogen and oxygen atoms in total. The molecule has 0 spiro atoms. The van der Waals surface area contributed by atoms with Gasteiger partial charge in [0.15, 0.2) is 5.57 Å². The quantitative estimate of drug-likeness (QED) is 0.437. The molecule has 2 aliphatic rings. The van der Waals surface area contributed by atoms with Gasteiger partial charge in [0.1, 0.15) is 18.0 Å². The van der Waals surface area contributed by atoms with Crippen molar-refractivity contribution in [2.75, 3.05) is 50.8 Å². The van der Waals surface area contributed by atoms with E-state index in [1.54, 1.807) is 0 Å². The maximum Gasteiger partial charge on any atom is 0.229 e. The average Bonchev–Trinajstić information content (AvgIpc) is 3.30. The van der Waals surface area contributed by atoms with Gasteiger partial charge in [0.25, 0.3) is 0 Å². The molecule has 0 aromatic heterocycles. The first-order chi connectivity index (χ1) is 19.3. The van der Waals surface area contributed by atoms with E-state index in [-0.39, 0.29) is 23.9 Å². The molecule has 40 heavy (non-hydrogen) atoms. The van der Waals surface area contributed by atoms with Crippen LogP contribution in [-0.4, -0.2) is 72.6 Å². The van der Waals surface area contributed by atoms with Gasteiger partial charge in [-0.3, -0.25) is 9.69 Å². The lowest BCUT2D eigenvalue weighted by Crippen LogP contribution is -2.39. The van der Waals surface area contributed by atoms with Crippen LogP contribution in [0.5, 0.6) is 0 Å². The van der Waals surface area contributed by atoms with Crippen LogP contribution in [0.25, 0.3) is 0 Å². The number of morpholine rings is 1. The lowest BCUT2D eigenvalue weighted by molar-refractivity contribution is -0.119. The van der Waals surface area contributed by atoms with Gasteiger partial charge < -0.3 is 19.4 Å². The van der Waals surface area contributed by atoms with Gasteiger partial charge >= 0.3 is 0 Å². The van der Waals surface area contributed by atoms with E-state index in [0.717, 1.165) is 44.1 Å². The molecule has 2 aromatic rings. The summed E-state index contributed by atoms with van der Waals surface area (Å²) < 4.78 is 5.47. The highest BCUT2D eigenvalue weighted by molar-refractivity contribution is 5.94. The molecule has 210 valence electrons. The lowest BCUT2D eigenvalue weighted by atomic mass is 10.1. The Balaban J connectivity index is 1.47. The number of carbonyl (C=O) groups excluding carboxylic acids is 1. The van der Waals surface area contributed by atoms with Crippen molar-refractivity contribution in [2.45, 2.75) is 53.2 Å². The van der Waals surface area contributed by atoms with Crippen molar-refractivity contribution in [3.05, 3.63) is 76.1 Å². The Bertz CT molecular complexity index is 1280. The fourth-order valence-electron chi connectivity index (χ4n) is 5.75. The third-order valence-corrected chi connectivity index (χ3v) is 7.42. The number of nitrogens with zero attached hydrogens (tertiary/aromatic N) is 6. The number of carbonyl (C=O) groups is 1. The first-order valence-corrected chi connectivity index (χ1v) is 14.1. The number of benzene rings is 2. The van der Waals surface area contributed by atoms with Crippen LogP contribution in [0.15, 0.2) is 53.9 Å². The summed E-state index contributed by atoms with van der Waals surface area (Å²) in [6.45, 7) is 14.8. The molecular weight excluding hydrogens is 500 g/mol. The topological polar surface area (TPSA) is 86.8 Å². The Morgan fingerprint density at radius 3 is 2.25 bits per heavy atom. The van der Waals surface area contributed by atoms with Crippen LogP contribution >= 0.6 is 0 Å². The summed E-state index contributed by atoms with van der Waals surface area (Å²) in [6, 6.07) is 18.8. The van der Waals surface area contributed by atoms with Gasteiger partial charge in [-0.2, -0.15) is 10.5 Å². The third-order valence-electron chi connectivity index (χ3n) is 7.42. The summed E-state index contributed by atoms with van der Waals surface area (Å²) in [5.41, 5.74) is 5.68. The van der Waals surface area contributed by atoms with E-state index in [0.29, 0.717) is 32.0 Å². The molecule has 0 N–H and O–H groups in total. The first-order valence-electron chi connectivity index (χ1n) is 14.1. The predicted octanol–water partition coefficient (Wildman–Crippen LogP) is 4.34. The normalized spacial score (nSPS) is 15.7. The Hall–Kier alpha value is -3.85. The van der Waals surface area contributed by atoms with Crippen molar-refractivity contribution in [3.8, 4) is 12.1 Å². The number of nitriles is 2. The monoisotopic (exact) mass is 540 g/mol. The molecule has 2 aliphatic heterocycles. The third kappa shape index (κ3) is 7.21. The molecule has 4 rings (SSSR count). The van der Waals surface area contributed by atoms with Crippen molar-refractivity contribution >= 4 is 11.6 Å². The molecule has 0 aliphatic carbocycles. The minimum Gasteiger partial charge on any atom is -0.379 e. The van der Waals surface area contributed by atoms with E-state index >= 15 is 0 Å². The van der Waals surface area contributed by atoms with Crippen LogP contribution < -0.4 is 4.90 Å². The maximum absolute atomic E-state index is 13.6. The zero-order chi connectivity index (χ0) is 28.6. The van der Waals surface area contributed by atoms with Crippen molar-refractivity contribution in [3.63, 3.8) is 0 Å². The molecule has 0 bridgehead atoms. The van der Waals surface area contributed by atoms with Gasteiger partial charge in [0.05, 0.1) is 13.2 Å². The minimum absolute atomic E-state index is 0.00503. The smallest absolute Gasteiger partial charge is 0.229 e. The van der Waals surface area contributed by atoms with Crippen LogP contribution in [0.3, 0.4) is 0 Å². The molecule has 2 aromatic carbocycles. The fourth-order valence-corrected chi connectivity index (χ4v) is 5.75. The van der Waals surface area contributed by atoms with E-state index in [1.807, 2.05) is 35.8 Å². The Morgan fingerprint density at radius 2 is 1.60 bits per heavy atom. The number of hydrogen-bond donors (Lipinski definition) is 0. The van der Waals surface area contributed by atoms with Gasteiger partial charge in [-0.15, -0.1) is 0 Å². The molecular formula is C32H40N6O2. The molecule has 0 atom stereocenters. The summed E-state index contributed by atoms with van der Waals surface area (Å²) in [7, 11) is 0. The molecule has 0 saturated carbocycles. The number of anilines is 1. The predicted molar refractivity (Wildman–Crippen MR) is 156 cm³/mol. The molecule has 8 heteroatoms. The second kappa shape index (κ2) is 13.5. The number of hydrogen-bond acceptors (Lipinski definition) is 7. The average molecular weight is 541 g/mol. The van der Waals surface area contributed by atoms with Crippen molar-refractivity contribution in [2.24, 2.45) is 0 Å². The number of aryl methyl sites for hydroxylation is 2.